The summed E-state index contributed by atoms with van der Waals surface area (Å²) in [5.41, 5.74) is 0.891. The first-order chi connectivity index (χ1) is 10.3. The molecule has 0 unspecified atom stereocenters. The normalized spacial score (nSPS) is 11.6. The highest BCUT2D eigenvalue weighted by Gasteiger charge is 2.13. The van der Waals surface area contributed by atoms with Crippen LogP contribution in [0.4, 0.5) is 4.39 Å². The molecule has 0 fully saturated rings. The number of benzene rings is 2. The van der Waals surface area contributed by atoms with Gasteiger partial charge in [0.15, 0.2) is 9.84 Å². The highest BCUT2D eigenvalue weighted by molar-refractivity contribution is 7.99. The Morgan fingerprint density at radius 1 is 1.00 bits per heavy atom. The Morgan fingerprint density at radius 2 is 1.55 bits per heavy atom. The molecule has 0 spiro atoms. The van der Waals surface area contributed by atoms with Gasteiger partial charge >= 0.3 is 0 Å². The number of sulfone groups is 1. The van der Waals surface area contributed by atoms with Crippen LogP contribution in [0, 0.1) is 5.82 Å². The first kappa shape index (κ1) is 17.0. The average Bonchev–Trinajstić information content (AvgIpc) is 2.48. The number of hydrogen-bond donors (Lipinski definition) is 2. The van der Waals surface area contributed by atoms with Crippen LogP contribution in [0.3, 0.4) is 0 Å². The van der Waals surface area contributed by atoms with E-state index in [1.807, 2.05) is 0 Å². The molecule has 0 bridgehead atoms. The molecule has 0 aliphatic carbocycles. The van der Waals surface area contributed by atoms with Crippen molar-refractivity contribution in [3.8, 4) is 0 Å². The molecule has 2 aromatic rings. The van der Waals surface area contributed by atoms with Gasteiger partial charge in [0.25, 0.3) is 0 Å². The third-order valence-electron chi connectivity index (χ3n) is 3.04. The van der Waals surface area contributed by atoms with Crippen LogP contribution < -0.4 is 0 Å². The highest BCUT2D eigenvalue weighted by atomic mass is 32.2. The lowest BCUT2D eigenvalue weighted by atomic mass is 10.2. The van der Waals surface area contributed by atoms with Crippen LogP contribution >= 0.6 is 11.8 Å². The molecule has 118 valence electrons. The van der Waals surface area contributed by atoms with Crippen molar-refractivity contribution in [2.45, 2.75) is 27.9 Å². The van der Waals surface area contributed by atoms with E-state index in [1.54, 1.807) is 6.07 Å². The maximum Gasteiger partial charge on any atom is 0.175 e. The summed E-state index contributed by atoms with van der Waals surface area (Å²) in [7, 11) is -3.35. The highest BCUT2D eigenvalue weighted by Crippen LogP contribution is 2.34. The Kier molecular flexibility index (Phi) is 5.23. The summed E-state index contributed by atoms with van der Waals surface area (Å²) in [6, 6.07) is 8.53. The Morgan fingerprint density at radius 3 is 2.09 bits per heavy atom. The van der Waals surface area contributed by atoms with Crippen molar-refractivity contribution < 1.29 is 23.0 Å². The fraction of sp³-hybridized carbons (Fsp3) is 0.200. The molecule has 0 radical (unpaired) electrons. The Bertz CT molecular complexity index is 788. The fourth-order valence-corrected chi connectivity index (χ4v) is 3.59. The molecule has 0 atom stereocenters. The lowest BCUT2D eigenvalue weighted by Gasteiger charge is -2.11. The smallest absolute Gasteiger partial charge is 0.175 e. The minimum Gasteiger partial charge on any atom is -0.392 e. The molecule has 22 heavy (non-hydrogen) atoms. The SMILES string of the molecule is CS(=O)(=O)c1ccc(Sc2ccc(F)cc2CO)c(CO)c1. The van der Waals surface area contributed by atoms with Gasteiger partial charge in [-0.05, 0) is 47.5 Å². The zero-order chi connectivity index (χ0) is 16.3. The zero-order valence-corrected chi connectivity index (χ0v) is 13.4. The molecule has 2 aromatic carbocycles. The summed E-state index contributed by atoms with van der Waals surface area (Å²) < 4.78 is 36.3. The minimum atomic E-state index is -3.35. The van der Waals surface area contributed by atoms with Crippen LogP contribution in [0.15, 0.2) is 51.1 Å². The summed E-state index contributed by atoms with van der Waals surface area (Å²) in [5, 5.41) is 18.7. The topological polar surface area (TPSA) is 74.6 Å². The minimum absolute atomic E-state index is 0.127. The maximum atomic E-state index is 13.2. The number of aliphatic hydroxyl groups excluding tert-OH is 2. The van der Waals surface area contributed by atoms with Gasteiger partial charge in [-0.1, -0.05) is 11.8 Å². The molecule has 4 nitrogen and oxygen atoms in total. The van der Waals surface area contributed by atoms with Crippen LogP contribution in [0.1, 0.15) is 11.1 Å². The maximum absolute atomic E-state index is 13.2. The number of halogens is 1. The van der Waals surface area contributed by atoms with E-state index in [1.165, 1.54) is 42.1 Å². The molecule has 0 saturated carbocycles. The molecule has 0 aliphatic rings. The van der Waals surface area contributed by atoms with Gasteiger partial charge in [0.05, 0.1) is 18.1 Å². The number of rotatable bonds is 5. The van der Waals surface area contributed by atoms with Crippen LogP contribution in [0.2, 0.25) is 0 Å². The van der Waals surface area contributed by atoms with Crippen molar-refractivity contribution in [3.63, 3.8) is 0 Å². The van der Waals surface area contributed by atoms with E-state index in [0.717, 1.165) is 6.26 Å². The molecule has 0 saturated heterocycles. The molecule has 0 heterocycles. The van der Waals surface area contributed by atoms with Gasteiger partial charge in [0, 0.05) is 16.0 Å². The van der Waals surface area contributed by atoms with Gasteiger partial charge in [0.1, 0.15) is 5.82 Å². The molecular formula is C15H15FO4S2. The van der Waals surface area contributed by atoms with Crippen LogP contribution in [-0.2, 0) is 23.1 Å². The second kappa shape index (κ2) is 6.78. The van der Waals surface area contributed by atoms with Crippen LogP contribution in [0.25, 0.3) is 0 Å². The first-order valence-electron chi connectivity index (χ1n) is 6.36. The molecular weight excluding hydrogens is 327 g/mol. The summed E-state index contributed by atoms with van der Waals surface area (Å²) in [5.74, 6) is -0.441. The molecule has 2 rings (SSSR count). The van der Waals surface area contributed by atoms with Crippen molar-refractivity contribution >= 4 is 21.6 Å². The van der Waals surface area contributed by atoms with Gasteiger partial charge in [-0.25, -0.2) is 12.8 Å². The van der Waals surface area contributed by atoms with E-state index in [0.29, 0.717) is 20.9 Å². The van der Waals surface area contributed by atoms with Crippen LogP contribution in [0.5, 0.6) is 0 Å². The lowest BCUT2D eigenvalue weighted by Crippen LogP contribution is -1.99. The summed E-state index contributed by atoms with van der Waals surface area (Å²) in [6.45, 7) is -0.628. The number of aliphatic hydroxyl groups is 2. The largest absolute Gasteiger partial charge is 0.392 e. The second-order valence-electron chi connectivity index (χ2n) is 4.71. The standard InChI is InChI=1S/C15H15FO4S2/c1-22(19,20)13-3-5-15(11(7-13)9-18)21-14-4-2-12(16)6-10(14)8-17/h2-7,17-18H,8-9H2,1H3. The first-order valence-corrected chi connectivity index (χ1v) is 9.07. The summed E-state index contributed by atoms with van der Waals surface area (Å²) >= 11 is 1.24. The van der Waals surface area contributed by atoms with Crippen LogP contribution in [-0.4, -0.2) is 24.9 Å². The van der Waals surface area contributed by atoms with Crippen molar-refractivity contribution in [2.75, 3.05) is 6.26 Å². The monoisotopic (exact) mass is 342 g/mol. The average molecular weight is 342 g/mol. The Labute approximate surface area is 132 Å². The van der Waals surface area contributed by atoms with Crippen molar-refractivity contribution in [2.24, 2.45) is 0 Å². The number of hydrogen-bond acceptors (Lipinski definition) is 5. The molecule has 2 N–H and O–H groups in total. The van der Waals surface area contributed by atoms with E-state index in [9.17, 15) is 23.0 Å². The van der Waals surface area contributed by atoms with E-state index in [2.05, 4.69) is 0 Å². The lowest BCUT2D eigenvalue weighted by molar-refractivity contribution is 0.278. The molecule has 0 aliphatic heterocycles. The van der Waals surface area contributed by atoms with E-state index < -0.39 is 15.7 Å². The quantitative estimate of drug-likeness (QED) is 0.872. The van der Waals surface area contributed by atoms with Gasteiger partial charge in [-0.3, -0.25) is 0 Å². The fourth-order valence-electron chi connectivity index (χ4n) is 1.90. The molecule has 0 aromatic heterocycles. The molecule has 7 heteroatoms. The molecule has 0 amide bonds. The predicted molar refractivity (Wildman–Crippen MR) is 81.9 cm³/mol. The summed E-state index contributed by atoms with van der Waals surface area (Å²) in [6.07, 6.45) is 1.10. The Hall–Kier alpha value is -1.41. The van der Waals surface area contributed by atoms with E-state index >= 15 is 0 Å². The summed E-state index contributed by atoms with van der Waals surface area (Å²) in [4.78, 5) is 1.42. The zero-order valence-electron chi connectivity index (χ0n) is 11.8. The van der Waals surface area contributed by atoms with E-state index in [4.69, 9.17) is 0 Å². The van der Waals surface area contributed by atoms with Gasteiger partial charge in [0.2, 0.25) is 0 Å². The van der Waals surface area contributed by atoms with Gasteiger partial charge < -0.3 is 10.2 Å². The van der Waals surface area contributed by atoms with Crippen molar-refractivity contribution in [1.82, 2.24) is 0 Å². The van der Waals surface area contributed by atoms with Gasteiger partial charge in [-0.15, -0.1) is 0 Å². The van der Waals surface area contributed by atoms with E-state index in [-0.39, 0.29) is 18.1 Å². The Balaban J connectivity index is 2.42. The third kappa shape index (κ3) is 3.86. The second-order valence-corrected chi connectivity index (χ2v) is 7.81. The third-order valence-corrected chi connectivity index (χ3v) is 5.39. The predicted octanol–water partition coefficient (Wildman–Crippen LogP) is 2.37. The van der Waals surface area contributed by atoms with Gasteiger partial charge in [-0.2, -0.15) is 0 Å². The van der Waals surface area contributed by atoms with Crippen molar-refractivity contribution in [3.05, 3.63) is 53.3 Å². The van der Waals surface area contributed by atoms with Crippen molar-refractivity contribution in [1.29, 1.82) is 0 Å².